The van der Waals surface area contributed by atoms with Gasteiger partial charge in [0.25, 0.3) is 5.91 Å². The van der Waals surface area contributed by atoms with Crippen LogP contribution >= 0.6 is 0 Å². The highest BCUT2D eigenvalue weighted by Gasteiger charge is 2.18. The lowest BCUT2D eigenvalue weighted by Crippen LogP contribution is -2.28. The number of carbonyl (C=O) groups excluding carboxylic acids is 1. The Labute approximate surface area is 237 Å². The number of pyridine rings is 1. The van der Waals surface area contributed by atoms with E-state index in [0.717, 1.165) is 53.2 Å². The number of nitrogens with zero attached hydrogens (tertiary/aromatic N) is 4. The summed E-state index contributed by atoms with van der Waals surface area (Å²) in [5, 5.41) is 18.8. The molecule has 4 aromatic rings. The maximum absolute atomic E-state index is 13.3. The average molecular weight is 549 g/mol. The van der Waals surface area contributed by atoms with Gasteiger partial charge >= 0.3 is 0 Å². The Balaban J connectivity index is 1.29. The monoisotopic (exact) mass is 548 g/mol. The number of nitriles is 1. The van der Waals surface area contributed by atoms with E-state index in [1.807, 2.05) is 30.3 Å². The van der Waals surface area contributed by atoms with E-state index in [0.29, 0.717) is 18.2 Å². The summed E-state index contributed by atoms with van der Waals surface area (Å²) in [5.74, 6) is 0.0234. The van der Waals surface area contributed by atoms with Gasteiger partial charge in [-0.1, -0.05) is 42.5 Å². The van der Waals surface area contributed by atoms with Crippen LogP contribution in [0.1, 0.15) is 52.1 Å². The Morgan fingerprint density at radius 1 is 1.15 bits per heavy atom. The SMILES string of the molecule is C[C@H](NC(=O)c1cc(C#N)cnc1NCc1ccc(-c2cnc(N)c(C3=CCNCC3)n2)cc1)c1ccc(F)cc1. The number of nitrogens with two attached hydrogens (primary N) is 1. The smallest absolute Gasteiger partial charge is 0.255 e. The molecule has 206 valence electrons. The van der Waals surface area contributed by atoms with Crippen LogP contribution in [0.4, 0.5) is 16.0 Å². The lowest BCUT2D eigenvalue weighted by molar-refractivity contribution is 0.0940. The van der Waals surface area contributed by atoms with Crippen molar-refractivity contribution in [2.75, 3.05) is 24.1 Å². The first-order valence-electron chi connectivity index (χ1n) is 13.2. The second-order valence-corrected chi connectivity index (χ2v) is 9.70. The van der Waals surface area contributed by atoms with Gasteiger partial charge in [0.1, 0.15) is 29.2 Å². The normalized spacial score (nSPS) is 13.5. The number of halogens is 1. The number of nitrogens with one attached hydrogen (secondary N) is 3. The lowest BCUT2D eigenvalue weighted by atomic mass is 10.0. The molecule has 10 heteroatoms. The van der Waals surface area contributed by atoms with Crippen LogP contribution < -0.4 is 21.7 Å². The number of benzene rings is 2. The van der Waals surface area contributed by atoms with E-state index in [2.05, 4.69) is 32.0 Å². The molecule has 2 aromatic heterocycles. The molecular weight excluding hydrogens is 519 g/mol. The van der Waals surface area contributed by atoms with Crippen molar-refractivity contribution in [2.24, 2.45) is 0 Å². The zero-order valence-corrected chi connectivity index (χ0v) is 22.5. The number of nitrogen functional groups attached to an aromatic ring is 1. The predicted octanol–water partition coefficient (Wildman–Crippen LogP) is 4.61. The van der Waals surface area contributed by atoms with Gasteiger partial charge in [0.05, 0.1) is 29.1 Å². The molecule has 0 spiro atoms. The zero-order chi connectivity index (χ0) is 28.8. The number of anilines is 2. The number of carbonyl (C=O) groups is 1. The molecule has 0 radical (unpaired) electrons. The number of rotatable bonds is 8. The van der Waals surface area contributed by atoms with Crippen molar-refractivity contribution in [3.8, 4) is 17.3 Å². The van der Waals surface area contributed by atoms with Crippen molar-refractivity contribution >= 4 is 23.1 Å². The predicted molar refractivity (Wildman–Crippen MR) is 156 cm³/mol. The molecule has 1 aliphatic rings. The Bertz CT molecular complexity index is 1630. The van der Waals surface area contributed by atoms with Crippen LogP contribution in [0.25, 0.3) is 16.8 Å². The third-order valence-corrected chi connectivity index (χ3v) is 6.86. The standard InChI is InChI=1S/C31H29FN8O/c1-19(22-6-8-25(32)9-7-22)39-31(41)26-14-21(15-33)17-38-30(26)37-16-20-2-4-23(5-3-20)27-18-36-29(34)28(40-27)24-10-12-35-13-11-24/h2-10,14,17-19,35H,11-13,16H2,1H3,(H2,34,36)(H,37,38)(H,39,41)/t19-/m0/s1. The van der Waals surface area contributed by atoms with Crippen molar-refractivity contribution in [2.45, 2.75) is 25.9 Å². The van der Waals surface area contributed by atoms with Crippen LogP contribution in [0.3, 0.4) is 0 Å². The van der Waals surface area contributed by atoms with Crippen LogP contribution in [0.2, 0.25) is 0 Å². The molecular formula is C31H29FN8O. The highest BCUT2D eigenvalue weighted by Crippen LogP contribution is 2.26. The Kier molecular flexibility index (Phi) is 8.27. The van der Waals surface area contributed by atoms with E-state index >= 15 is 0 Å². The Hall–Kier alpha value is -5.14. The summed E-state index contributed by atoms with van der Waals surface area (Å²) >= 11 is 0. The van der Waals surface area contributed by atoms with Crippen LogP contribution in [0.15, 0.2) is 73.1 Å². The van der Waals surface area contributed by atoms with Gasteiger partial charge in [0.2, 0.25) is 0 Å². The fourth-order valence-electron chi connectivity index (χ4n) is 4.54. The minimum Gasteiger partial charge on any atom is -0.382 e. The molecule has 3 heterocycles. The summed E-state index contributed by atoms with van der Waals surface area (Å²) in [6.07, 6.45) is 6.03. The molecule has 0 bridgehead atoms. The molecule has 1 atom stereocenters. The van der Waals surface area contributed by atoms with Gasteiger partial charge in [0, 0.05) is 24.8 Å². The van der Waals surface area contributed by atoms with Gasteiger partial charge in [-0.2, -0.15) is 5.26 Å². The third-order valence-electron chi connectivity index (χ3n) is 6.86. The number of amides is 1. The molecule has 9 nitrogen and oxygen atoms in total. The fourth-order valence-corrected chi connectivity index (χ4v) is 4.54. The van der Waals surface area contributed by atoms with E-state index < -0.39 is 5.91 Å². The average Bonchev–Trinajstić information content (AvgIpc) is 3.01. The molecule has 5 rings (SSSR count). The first kappa shape index (κ1) is 27.4. The molecule has 0 saturated heterocycles. The van der Waals surface area contributed by atoms with Crippen molar-refractivity contribution < 1.29 is 9.18 Å². The molecule has 1 aliphatic heterocycles. The zero-order valence-electron chi connectivity index (χ0n) is 22.5. The topological polar surface area (TPSA) is 142 Å². The maximum atomic E-state index is 13.3. The lowest BCUT2D eigenvalue weighted by Gasteiger charge is -2.17. The number of hydrogen-bond acceptors (Lipinski definition) is 8. The summed E-state index contributed by atoms with van der Waals surface area (Å²) in [4.78, 5) is 26.6. The number of hydrogen-bond donors (Lipinski definition) is 4. The van der Waals surface area contributed by atoms with Gasteiger partial charge in [-0.05, 0) is 54.8 Å². The summed E-state index contributed by atoms with van der Waals surface area (Å²) in [7, 11) is 0. The van der Waals surface area contributed by atoms with Crippen LogP contribution in [0.5, 0.6) is 0 Å². The molecule has 0 unspecified atom stereocenters. The molecule has 5 N–H and O–H groups in total. The van der Waals surface area contributed by atoms with E-state index in [9.17, 15) is 14.4 Å². The van der Waals surface area contributed by atoms with Gasteiger partial charge in [0.15, 0.2) is 0 Å². The minimum absolute atomic E-state index is 0.242. The van der Waals surface area contributed by atoms with Gasteiger partial charge in [-0.25, -0.2) is 19.3 Å². The second kappa shape index (κ2) is 12.4. The highest BCUT2D eigenvalue weighted by atomic mass is 19.1. The van der Waals surface area contributed by atoms with E-state index in [1.165, 1.54) is 24.4 Å². The highest BCUT2D eigenvalue weighted by molar-refractivity contribution is 5.99. The van der Waals surface area contributed by atoms with Crippen molar-refractivity contribution in [1.29, 1.82) is 5.26 Å². The van der Waals surface area contributed by atoms with E-state index in [-0.39, 0.29) is 23.0 Å². The quantitative estimate of drug-likeness (QED) is 0.250. The van der Waals surface area contributed by atoms with Crippen LogP contribution in [-0.2, 0) is 6.54 Å². The third kappa shape index (κ3) is 6.54. The van der Waals surface area contributed by atoms with E-state index in [1.54, 1.807) is 25.3 Å². The van der Waals surface area contributed by atoms with E-state index in [4.69, 9.17) is 10.7 Å². The number of aromatic nitrogens is 3. The minimum atomic E-state index is -0.397. The van der Waals surface area contributed by atoms with Crippen LogP contribution in [-0.4, -0.2) is 33.9 Å². The summed E-state index contributed by atoms with van der Waals surface area (Å²) in [6.45, 7) is 3.86. The van der Waals surface area contributed by atoms with Gasteiger partial charge < -0.3 is 21.7 Å². The first-order chi connectivity index (χ1) is 19.9. The molecule has 2 aromatic carbocycles. The van der Waals surface area contributed by atoms with Crippen molar-refractivity contribution in [3.05, 3.63) is 107 Å². The summed E-state index contributed by atoms with van der Waals surface area (Å²) < 4.78 is 13.3. The molecule has 0 saturated carbocycles. The Morgan fingerprint density at radius 3 is 2.63 bits per heavy atom. The Morgan fingerprint density at radius 2 is 1.93 bits per heavy atom. The molecule has 41 heavy (non-hydrogen) atoms. The summed E-state index contributed by atoms with van der Waals surface area (Å²) in [6, 6.07) is 16.9. The van der Waals surface area contributed by atoms with Gasteiger partial charge in [-0.3, -0.25) is 4.79 Å². The summed E-state index contributed by atoms with van der Waals surface area (Å²) in [5.41, 5.74) is 11.8. The second-order valence-electron chi connectivity index (χ2n) is 9.70. The molecule has 1 amide bonds. The largest absolute Gasteiger partial charge is 0.382 e. The van der Waals surface area contributed by atoms with Crippen molar-refractivity contribution in [3.63, 3.8) is 0 Å². The van der Waals surface area contributed by atoms with Crippen molar-refractivity contribution in [1.82, 2.24) is 25.6 Å². The molecule has 0 aliphatic carbocycles. The first-order valence-corrected chi connectivity index (χ1v) is 13.2. The fraction of sp³-hybridized carbons (Fsp3) is 0.194. The van der Waals surface area contributed by atoms with Crippen LogP contribution in [0, 0.1) is 17.1 Å². The van der Waals surface area contributed by atoms with Gasteiger partial charge in [-0.15, -0.1) is 0 Å². The maximum Gasteiger partial charge on any atom is 0.255 e. The molecule has 0 fully saturated rings.